The maximum absolute atomic E-state index is 12.6. The lowest BCUT2D eigenvalue weighted by Gasteiger charge is -2.25. The van der Waals surface area contributed by atoms with Crippen LogP contribution in [0.15, 0.2) is 36.9 Å². The molecule has 0 radical (unpaired) electrons. The number of rotatable bonds is 6. The first-order valence-corrected chi connectivity index (χ1v) is 8.86. The van der Waals surface area contributed by atoms with Gasteiger partial charge in [0.2, 0.25) is 5.91 Å². The number of nitrogens with one attached hydrogen (secondary N) is 2. The van der Waals surface area contributed by atoms with Crippen LogP contribution in [0.25, 0.3) is 0 Å². The fourth-order valence-electron chi connectivity index (χ4n) is 2.38. The molecule has 0 fully saturated rings. The second-order valence-electron chi connectivity index (χ2n) is 7.65. The number of aromatic nitrogens is 3. The maximum atomic E-state index is 12.6. The molecule has 8 nitrogen and oxygen atoms in total. The highest BCUT2D eigenvalue weighted by atomic mass is 16.6. The molecule has 1 heterocycles. The highest BCUT2D eigenvalue weighted by Gasteiger charge is 2.26. The minimum absolute atomic E-state index is 0.0934. The molecule has 2 N–H and O–H groups in total. The van der Waals surface area contributed by atoms with Crippen LogP contribution in [-0.2, 0) is 16.1 Å². The molecule has 146 valence electrons. The highest BCUT2D eigenvalue weighted by Crippen LogP contribution is 2.13. The smallest absolute Gasteiger partial charge is 0.408 e. The van der Waals surface area contributed by atoms with Crippen LogP contribution in [0.5, 0.6) is 0 Å². The van der Waals surface area contributed by atoms with Crippen molar-refractivity contribution in [2.24, 2.45) is 5.92 Å². The molecule has 0 aliphatic carbocycles. The van der Waals surface area contributed by atoms with Crippen LogP contribution in [0, 0.1) is 5.92 Å². The summed E-state index contributed by atoms with van der Waals surface area (Å²) in [5.41, 5.74) is 1.06. The second kappa shape index (κ2) is 8.66. The topological polar surface area (TPSA) is 98.1 Å². The standard InChI is InChI=1S/C19H27N5O3/c1-13(2)16(23-18(26)27-19(3,4)5)17(25)22-15-8-6-14(7-9-15)10-24-12-20-11-21-24/h6-9,11-13,16H,10H2,1-5H3,(H,22,25)(H,23,26). The first-order chi connectivity index (χ1) is 12.6. The zero-order valence-corrected chi connectivity index (χ0v) is 16.4. The van der Waals surface area contributed by atoms with Gasteiger partial charge in [0.15, 0.2) is 0 Å². The van der Waals surface area contributed by atoms with Crippen molar-refractivity contribution in [2.75, 3.05) is 5.32 Å². The van der Waals surface area contributed by atoms with Crippen molar-refractivity contribution in [3.05, 3.63) is 42.5 Å². The van der Waals surface area contributed by atoms with Gasteiger partial charge in [0.1, 0.15) is 24.3 Å². The van der Waals surface area contributed by atoms with Gasteiger partial charge in [0, 0.05) is 5.69 Å². The van der Waals surface area contributed by atoms with Gasteiger partial charge in [-0.25, -0.2) is 14.5 Å². The van der Waals surface area contributed by atoms with E-state index in [0.717, 1.165) is 5.56 Å². The van der Waals surface area contributed by atoms with Crippen molar-refractivity contribution >= 4 is 17.7 Å². The van der Waals surface area contributed by atoms with E-state index in [9.17, 15) is 9.59 Å². The van der Waals surface area contributed by atoms with Crippen molar-refractivity contribution in [3.63, 3.8) is 0 Å². The van der Waals surface area contributed by atoms with Crippen molar-refractivity contribution in [2.45, 2.75) is 52.8 Å². The summed E-state index contributed by atoms with van der Waals surface area (Å²) in [6.45, 7) is 9.66. The van der Waals surface area contributed by atoms with Crippen LogP contribution in [0.1, 0.15) is 40.2 Å². The summed E-state index contributed by atoms with van der Waals surface area (Å²) >= 11 is 0. The number of ether oxygens (including phenoxy) is 1. The summed E-state index contributed by atoms with van der Waals surface area (Å²) in [7, 11) is 0. The molecule has 8 heteroatoms. The molecule has 1 unspecified atom stereocenters. The van der Waals surface area contributed by atoms with Crippen LogP contribution in [-0.4, -0.2) is 38.4 Å². The lowest BCUT2D eigenvalue weighted by atomic mass is 10.0. The maximum Gasteiger partial charge on any atom is 0.408 e. The molecule has 2 amide bonds. The van der Waals surface area contributed by atoms with Gasteiger partial charge < -0.3 is 15.4 Å². The van der Waals surface area contributed by atoms with E-state index in [1.54, 1.807) is 31.8 Å². The lowest BCUT2D eigenvalue weighted by Crippen LogP contribution is -2.48. The van der Waals surface area contributed by atoms with E-state index in [2.05, 4.69) is 20.7 Å². The number of nitrogens with zero attached hydrogens (tertiary/aromatic N) is 3. The molecule has 2 aromatic rings. The fourth-order valence-corrected chi connectivity index (χ4v) is 2.38. The van der Waals surface area contributed by atoms with Gasteiger partial charge in [-0.1, -0.05) is 26.0 Å². The molecule has 27 heavy (non-hydrogen) atoms. The van der Waals surface area contributed by atoms with Gasteiger partial charge in [-0.05, 0) is 44.4 Å². The molecule has 0 bridgehead atoms. The van der Waals surface area contributed by atoms with E-state index in [0.29, 0.717) is 12.2 Å². The van der Waals surface area contributed by atoms with Crippen LogP contribution in [0.4, 0.5) is 10.5 Å². The molecule has 0 aliphatic rings. The Kier molecular flexibility index (Phi) is 6.55. The minimum atomic E-state index is -0.699. The number of alkyl carbamates (subject to hydrolysis) is 1. The Morgan fingerprint density at radius 2 is 1.85 bits per heavy atom. The molecular weight excluding hydrogens is 346 g/mol. The van der Waals surface area contributed by atoms with Crippen molar-refractivity contribution in [1.82, 2.24) is 20.1 Å². The minimum Gasteiger partial charge on any atom is -0.444 e. The SMILES string of the molecule is CC(C)C(NC(=O)OC(C)(C)C)C(=O)Nc1ccc(Cn2cncn2)cc1. The average Bonchev–Trinajstić information content (AvgIpc) is 3.05. The Bertz CT molecular complexity index is 749. The monoisotopic (exact) mass is 373 g/mol. The number of amides is 2. The number of hydrogen-bond donors (Lipinski definition) is 2. The number of benzene rings is 1. The molecule has 0 spiro atoms. The Morgan fingerprint density at radius 1 is 1.19 bits per heavy atom. The summed E-state index contributed by atoms with van der Waals surface area (Å²) in [4.78, 5) is 28.5. The zero-order valence-electron chi connectivity index (χ0n) is 16.4. The fraction of sp³-hybridized carbons (Fsp3) is 0.474. The number of hydrogen-bond acceptors (Lipinski definition) is 5. The molecule has 1 atom stereocenters. The Labute approximate surface area is 159 Å². The Morgan fingerprint density at radius 3 is 2.37 bits per heavy atom. The van der Waals surface area contributed by atoms with E-state index in [1.807, 2.05) is 38.1 Å². The molecule has 2 rings (SSSR count). The van der Waals surface area contributed by atoms with E-state index in [4.69, 9.17) is 4.74 Å². The van der Waals surface area contributed by atoms with Gasteiger partial charge in [0.05, 0.1) is 6.54 Å². The summed E-state index contributed by atoms with van der Waals surface area (Å²) < 4.78 is 6.96. The van der Waals surface area contributed by atoms with Crippen molar-refractivity contribution in [1.29, 1.82) is 0 Å². The third-order valence-electron chi connectivity index (χ3n) is 3.65. The molecular formula is C19H27N5O3. The number of carbonyl (C=O) groups is 2. The quantitative estimate of drug-likeness (QED) is 0.811. The Balaban J connectivity index is 1.97. The zero-order chi connectivity index (χ0) is 20.0. The summed E-state index contributed by atoms with van der Waals surface area (Å²) in [6, 6.07) is 6.74. The van der Waals surface area contributed by atoms with Crippen LogP contribution in [0.3, 0.4) is 0 Å². The first-order valence-electron chi connectivity index (χ1n) is 8.86. The third-order valence-corrected chi connectivity index (χ3v) is 3.65. The third kappa shape index (κ3) is 6.73. The predicted molar refractivity (Wildman–Crippen MR) is 102 cm³/mol. The molecule has 0 saturated carbocycles. The molecule has 1 aromatic heterocycles. The van der Waals surface area contributed by atoms with Crippen LogP contribution >= 0.6 is 0 Å². The number of anilines is 1. The van der Waals surface area contributed by atoms with Gasteiger partial charge in [0.25, 0.3) is 0 Å². The van der Waals surface area contributed by atoms with Crippen molar-refractivity contribution < 1.29 is 14.3 Å². The molecule has 0 saturated heterocycles. The van der Waals surface area contributed by atoms with Crippen LogP contribution < -0.4 is 10.6 Å². The lowest BCUT2D eigenvalue weighted by molar-refractivity contribution is -0.119. The summed E-state index contributed by atoms with van der Waals surface area (Å²) in [5, 5.41) is 9.54. The van der Waals surface area contributed by atoms with Crippen molar-refractivity contribution in [3.8, 4) is 0 Å². The number of carbonyl (C=O) groups excluding carboxylic acids is 2. The van der Waals surface area contributed by atoms with Gasteiger partial charge in [-0.2, -0.15) is 5.10 Å². The molecule has 0 aliphatic heterocycles. The first kappa shape index (κ1) is 20.4. The largest absolute Gasteiger partial charge is 0.444 e. The van der Waals surface area contributed by atoms with E-state index in [-0.39, 0.29) is 11.8 Å². The summed E-state index contributed by atoms with van der Waals surface area (Å²) in [6.07, 6.45) is 2.52. The highest BCUT2D eigenvalue weighted by molar-refractivity contribution is 5.96. The van der Waals surface area contributed by atoms with Crippen LogP contribution in [0.2, 0.25) is 0 Å². The van der Waals surface area contributed by atoms with E-state index >= 15 is 0 Å². The van der Waals surface area contributed by atoms with Gasteiger partial charge in [-0.15, -0.1) is 0 Å². The van der Waals surface area contributed by atoms with Gasteiger partial charge >= 0.3 is 6.09 Å². The predicted octanol–water partition coefficient (Wildman–Crippen LogP) is 2.81. The normalized spacial score (nSPS) is 12.5. The molecule has 1 aromatic carbocycles. The summed E-state index contributed by atoms with van der Waals surface area (Å²) in [5.74, 6) is -0.385. The second-order valence-corrected chi connectivity index (χ2v) is 7.65. The van der Waals surface area contributed by atoms with Gasteiger partial charge in [-0.3, -0.25) is 4.79 Å². The van der Waals surface area contributed by atoms with E-state index in [1.165, 1.54) is 6.33 Å². The average molecular weight is 373 g/mol. The van der Waals surface area contributed by atoms with E-state index < -0.39 is 17.7 Å². The Hall–Kier alpha value is -2.90.